The van der Waals surface area contributed by atoms with Crippen LogP contribution in [-0.4, -0.2) is 14.9 Å². The van der Waals surface area contributed by atoms with Crippen LogP contribution in [-0.2, 0) is 6.42 Å². The van der Waals surface area contributed by atoms with Crippen LogP contribution in [0.15, 0.2) is 24.3 Å². The van der Waals surface area contributed by atoms with Crippen molar-refractivity contribution in [3.05, 3.63) is 41.1 Å². The van der Waals surface area contributed by atoms with Crippen molar-refractivity contribution >= 4 is 0 Å². The summed E-state index contributed by atoms with van der Waals surface area (Å²) in [6.45, 7) is 6.04. The Bertz CT molecular complexity index is 515. The number of aromatic nitrogens is 2. The molecule has 0 aliphatic carbocycles. The van der Waals surface area contributed by atoms with Gasteiger partial charge in [0.15, 0.2) is 0 Å². The predicted molar refractivity (Wildman–Crippen MR) is 64.1 cm³/mol. The lowest BCUT2D eigenvalue weighted by atomic mass is 10.2. The van der Waals surface area contributed by atoms with Crippen molar-refractivity contribution in [3.63, 3.8) is 0 Å². The molecule has 0 aliphatic heterocycles. The average molecular weight is 216 g/mol. The molecule has 3 nitrogen and oxygen atoms in total. The highest BCUT2D eigenvalue weighted by atomic mass is 16.3. The Hall–Kier alpha value is -1.77. The molecule has 0 unspecified atom stereocenters. The highest BCUT2D eigenvalue weighted by molar-refractivity contribution is 5.40. The van der Waals surface area contributed by atoms with Gasteiger partial charge in [0, 0.05) is 11.3 Å². The molecule has 0 saturated heterocycles. The van der Waals surface area contributed by atoms with Crippen LogP contribution in [0.3, 0.4) is 0 Å². The Morgan fingerprint density at radius 1 is 1.31 bits per heavy atom. The van der Waals surface area contributed by atoms with Crippen LogP contribution in [0.1, 0.15) is 23.7 Å². The van der Waals surface area contributed by atoms with Gasteiger partial charge < -0.3 is 5.11 Å². The number of benzene rings is 1. The van der Waals surface area contributed by atoms with Gasteiger partial charge in [-0.1, -0.05) is 19.1 Å². The van der Waals surface area contributed by atoms with Crippen molar-refractivity contribution < 1.29 is 5.11 Å². The van der Waals surface area contributed by atoms with Crippen molar-refractivity contribution in [1.29, 1.82) is 0 Å². The molecule has 0 amide bonds. The Balaban J connectivity index is 2.56. The van der Waals surface area contributed by atoms with Gasteiger partial charge in [-0.25, -0.2) is 4.68 Å². The molecule has 3 heteroatoms. The summed E-state index contributed by atoms with van der Waals surface area (Å²) >= 11 is 0. The fourth-order valence-corrected chi connectivity index (χ4v) is 1.94. The van der Waals surface area contributed by atoms with E-state index in [4.69, 9.17) is 0 Å². The first-order valence-electron chi connectivity index (χ1n) is 5.48. The zero-order valence-electron chi connectivity index (χ0n) is 9.86. The Labute approximate surface area is 95.3 Å². The maximum atomic E-state index is 9.71. The summed E-state index contributed by atoms with van der Waals surface area (Å²) in [6.07, 6.45) is 0.795. The number of hydrogen-bond donors (Lipinski definition) is 1. The second-order valence-corrected chi connectivity index (χ2v) is 3.99. The molecule has 2 rings (SSSR count). The zero-order valence-corrected chi connectivity index (χ0v) is 9.86. The van der Waals surface area contributed by atoms with E-state index in [0.29, 0.717) is 0 Å². The summed E-state index contributed by atoms with van der Waals surface area (Å²) in [7, 11) is 0. The first-order valence-corrected chi connectivity index (χ1v) is 5.48. The first kappa shape index (κ1) is 10.7. The molecule has 0 atom stereocenters. The molecule has 0 spiro atoms. The molecular weight excluding hydrogens is 200 g/mol. The molecule has 2 aromatic rings. The minimum absolute atomic E-state index is 0.140. The Morgan fingerprint density at radius 2 is 2.06 bits per heavy atom. The van der Waals surface area contributed by atoms with Crippen molar-refractivity contribution in [1.82, 2.24) is 9.78 Å². The van der Waals surface area contributed by atoms with E-state index in [0.717, 1.165) is 23.4 Å². The van der Waals surface area contributed by atoms with E-state index >= 15 is 0 Å². The predicted octanol–water partition coefficient (Wildman–Crippen LogP) is 2.76. The Kier molecular flexibility index (Phi) is 2.69. The summed E-state index contributed by atoms with van der Waals surface area (Å²) in [5.41, 5.74) is 4.10. The van der Waals surface area contributed by atoms with E-state index in [1.54, 1.807) is 4.68 Å². The molecule has 16 heavy (non-hydrogen) atoms. The summed E-state index contributed by atoms with van der Waals surface area (Å²) in [5.74, 6) is 0.140. The molecular formula is C13H16N2O. The summed E-state index contributed by atoms with van der Waals surface area (Å²) in [4.78, 5) is 0. The van der Waals surface area contributed by atoms with Gasteiger partial charge in [0.2, 0.25) is 5.88 Å². The second kappa shape index (κ2) is 4.00. The Morgan fingerprint density at radius 3 is 2.62 bits per heavy atom. The van der Waals surface area contributed by atoms with Gasteiger partial charge in [-0.05, 0) is 38.0 Å². The SMILES string of the molecule is CCc1c(O)nn(-c2cccc(C)c2)c1C. The van der Waals surface area contributed by atoms with Crippen LogP contribution in [0.4, 0.5) is 0 Å². The minimum Gasteiger partial charge on any atom is -0.492 e. The molecule has 0 fully saturated rings. The smallest absolute Gasteiger partial charge is 0.234 e. The quantitative estimate of drug-likeness (QED) is 0.838. The average Bonchev–Trinajstić information content (AvgIpc) is 2.54. The van der Waals surface area contributed by atoms with Crippen molar-refractivity contribution in [2.24, 2.45) is 0 Å². The molecule has 84 valence electrons. The fourth-order valence-electron chi connectivity index (χ4n) is 1.94. The standard InChI is InChI=1S/C13H16N2O/c1-4-12-10(3)15(14-13(12)16)11-7-5-6-9(2)8-11/h5-8H,4H2,1-3H3,(H,14,16). The third kappa shape index (κ3) is 1.69. The van der Waals surface area contributed by atoms with Gasteiger partial charge in [-0.3, -0.25) is 0 Å². The van der Waals surface area contributed by atoms with Gasteiger partial charge >= 0.3 is 0 Å². The van der Waals surface area contributed by atoms with Crippen LogP contribution in [0.25, 0.3) is 5.69 Å². The minimum atomic E-state index is 0.140. The van der Waals surface area contributed by atoms with E-state index in [1.807, 2.05) is 39.0 Å². The third-order valence-electron chi connectivity index (χ3n) is 2.82. The van der Waals surface area contributed by atoms with E-state index in [2.05, 4.69) is 11.2 Å². The van der Waals surface area contributed by atoms with Crippen LogP contribution >= 0.6 is 0 Å². The molecule has 1 aromatic carbocycles. The van der Waals surface area contributed by atoms with Crippen molar-refractivity contribution in [3.8, 4) is 11.6 Å². The molecule has 1 N–H and O–H groups in total. The normalized spacial score (nSPS) is 10.7. The first-order chi connectivity index (χ1) is 7.63. The van der Waals surface area contributed by atoms with Gasteiger partial charge in [0.25, 0.3) is 0 Å². The number of aryl methyl sites for hydroxylation is 1. The summed E-state index contributed by atoms with van der Waals surface area (Å²) < 4.78 is 1.79. The van der Waals surface area contributed by atoms with Gasteiger partial charge in [-0.2, -0.15) is 0 Å². The molecule has 0 saturated carbocycles. The van der Waals surface area contributed by atoms with E-state index in [9.17, 15) is 5.11 Å². The van der Waals surface area contributed by atoms with Gasteiger partial charge in [-0.15, -0.1) is 5.10 Å². The molecule has 0 aliphatic rings. The highest BCUT2D eigenvalue weighted by Gasteiger charge is 2.12. The number of aromatic hydroxyl groups is 1. The monoisotopic (exact) mass is 216 g/mol. The van der Waals surface area contributed by atoms with Gasteiger partial charge in [0.05, 0.1) is 5.69 Å². The fraction of sp³-hybridized carbons (Fsp3) is 0.308. The number of nitrogens with zero attached hydrogens (tertiary/aromatic N) is 2. The van der Waals surface area contributed by atoms with E-state index in [1.165, 1.54) is 5.56 Å². The molecule has 1 aromatic heterocycles. The van der Waals surface area contributed by atoms with E-state index < -0.39 is 0 Å². The zero-order chi connectivity index (χ0) is 11.7. The summed E-state index contributed by atoms with van der Waals surface area (Å²) in [5, 5.41) is 13.9. The third-order valence-corrected chi connectivity index (χ3v) is 2.82. The topological polar surface area (TPSA) is 38.1 Å². The van der Waals surface area contributed by atoms with Gasteiger partial charge in [0.1, 0.15) is 0 Å². The second-order valence-electron chi connectivity index (χ2n) is 3.99. The maximum Gasteiger partial charge on any atom is 0.234 e. The van der Waals surface area contributed by atoms with Crippen LogP contribution in [0.5, 0.6) is 5.88 Å². The number of rotatable bonds is 2. The van der Waals surface area contributed by atoms with Crippen molar-refractivity contribution in [2.45, 2.75) is 27.2 Å². The lowest BCUT2D eigenvalue weighted by Crippen LogP contribution is -1.99. The molecule has 0 bridgehead atoms. The summed E-state index contributed by atoms with van der Waals surface area (Å²) in [6, 6.07) is 8.09. The van der Waals surface area contributed by atoms with E-state index in [-0.39, 0.29) is 5.88 Å². The molecule has 0 radical (unpaired) electrons. The van der Waals surface area contributed by atoms with Crippen LogP contribution < -0.4 is 0 Å². The highest BCUT2D eigenvalue weighted by Crippen LogP contribution is 2.23. The molecule has 1 heterocycles. The van der Waals surface area contributed by atoms with Crippen LogP contribution in [0, 0.1) is 13.8 Å². The largest absolute Gasteiger partial charge is 0.492 e. The van der Waals surface area contributed by atoms with Crippen LogP contribution in [0.2, 0.25) is 0 Å². The lowest BCUT2D eigenvalue weighted by molar-refractivity contribution is 0.443. The number of hydrogen-bond acceptors (Lipinski definition) is 2. The van der Waals surface area contributed by atoms with Crippen molar-refractivity contribution in [2.75, 3.05) is 0 Å². The lowest BCUT2D eigenvalue weighted by Gasteiger charge is -2.05. The maximum absolute atomic E-state index is 9.71.